The van der Waals surface area contributed by atoms with Crippen molar-refractivity contribution in [3.8, 4) is 0 Å². The zero-order chi connectivity index (χ0) is 42.1. The van der Waals surface area contributed by atoms with E-state index in [1.165, 1.54) is 154 Å². The number of phosphoric acid groups is 1. The molecule has 2 atom stereocenters. The number of unbranched alkanes of at least 4 members (excludes halogenated alkanes) is 28. The Hall–Kier alpha value is -1.25. The summed E-state index contributed by atoms with van der Waals surface area (Å²) in [5.41, 5.74) is 0. The summed E-state index contributed by atoms with van der Waals surface area (Å²) in [6, 6.07) is 0. The van der Waals surface area contributed by atoms with Gasteiger partial charge in [0.15, 0.2) is 6.10 Å². The highest BCUT2D eigenvalue weighted by Gasteiger charge is 2.21. The molecule has 0 rings (SSSR count). The fourth-order valence-corrected chi connectivity index (χ4v) is 7.50. The van der Waals surface area contributed by atoms with Gasteiger partial charge in [-0.15, -0.1) is 0 Å². The molecule has 0 aromatic carbocycles. The van der Waals surface area contributed by atoms with E-state index in [-0.39, 0.29) is 32.0 Å². The summed E-state index contributed by atoms with van der Waals surface area (Å²) in [4.78, 5) is 37.6. The third-order valence-electron chi connectivity index (χ3n) is 10.5. The van der Waals surface area contributed by atoms with Gasteiger partial charge in [-0.25, -0.2) is 0 Å². The number of hydrogen-bond donors (Lipinski definition) is 0. The number of nitrogens with zero attached hydrogens (tertiary/aromatic N) is 1. The van der Waals surface area contributed by atoms with Crippen LogP contribution in [0.4, 0.5) is 0 Å². The fourth-order valence-electron chi connectivity index (χ4n) is 6.77. The lowest BCUT2D eigenvalue weighted by atomic mass is 10.0. The maximum atomic E-state index is 12.7. The van der Waals surface area contributed by atoms with Gasteiger partial charge in [0.05, 0.1) is 27.7 Å². The molecule has 9 nitrogen and oxygen atoms in total. The molecular formula is C47H92NO8P. The molecule has 0 fully saturated rings. The zero-order valence-electron chi connectivity index (χ0n) is 38.1. The van der Waals surface area contributed by atoms with Gasteiger partial charge in [0.2, 0.25) is 0 Å². The van der Waals surface area contributed by atoms with Crippen LogP contribution in [0.3, 0.4) is 0 Å². The van der Waals surface area contributed by atoms with Gasteiger partial charge in [0.25, 0.3) is 7.82 Å². The van der Waals surface area contributed by atoms with E-state index < -0.39 is 26.5 Å². The average Bonchev–Trinajstić information content (AvgIpc) is 3.16. The molecule has 0 bridgehead atoms. The first-order valence-electron chi connectivity index (χ1n) is 23.9. The first-order chi connectivity index (χ1) is 27.5. The van der Waals surface area contributed by atoms with Gasteiger partial charge in [0.1, 0.15) is 19.8 Å². The van der Waals surface area contributed by atoms with Crippen molar-refractivity contribution in [2.24, 2.45) is 0 Å². The molecule has 0 aromatic heterocycles. The molecule has 0 radical (unpaired) electrons. The number of esters is 2. The number of quaternary nitrogens is 1. The molecule has 0 aliphatic carbocycles. The van der Waals surface area contributed by atoms with Crippen LogP contribution < -0.4 is 4.89 Å². The normalized spacial score (nSPS) is 13.6. The summed E-state index contributed by atoms with van der Waals surface area (Å²) in [5.74, 6) is -0.826. The Morgan fingerprint density at radius 2 is 0.895 bits per heavy atom. The first kappa shape index (κ1) is 55.8. The van der Waals surface area contributed by atoms with Crippen molar-refractivity contribution in [1.82, 2.24) is 0 Å². The number of phosphoric ester groups is 1. The van der Waals surface area contributed by atoms with E-state index in [4.69, 9.17) is 18.5 Å². The highest BCUT2D eigenvalue weighted by atomic mass is 31.2. The zero-order valence-corrected chi connectivity index (χ0v) is 38.9. The Morgan fingerprint density at radius 3 is 1.30 bits per heavy atom. The second-order valence-electron chi connectivity index (χ2n) is 17.5. The molecule has 0 saturated carbocycles. The summed E-state index contributed by atoms with van der Waals surface area (Å²) < 4.78 is 33.9. The maximum absolute atomic E-state index is 12.7. The predicted octanol–water partition coefficient (Wildman–Crippen LogP) is 13.1. The van der Waals surface area contributed by atoms with Crippen molar-refractivity contribution in [2.45, 2.75) is 232 Å². The molecule has 0 aliphatic heterocycles. The van der Waals surface area contributed by atoms with Gasteiger partial charge >= 0.3 is 11.9 Å². The summed E-state index contributed by atoms with van der Waals surface area (Å²) in [6.45, 7) is 4.25. The van der Waals surface area contributed by atoms with Crippen LogP contribution >= 0.6 is 7.82 Å². The van der Waals surface area contributed by atoms with Crippen LogP contribution in [0.2, 0.25) is 0 Å². The monoisotopic (exact) mass is 830 g/mol. The van der Waals surface area contributed by atoms with Crippen molar-refractivity contribution >= 4 is 19.8 Å². The molecule has 0 heterocycles. The Bertz CT molecular complexity index is 985. The lowest BCUT2D eigenvalue weighted by Gasteiger charge is -2.28. The van der Waals surface area contributed by atoms with E-state index in [1.807, 2.05) is 21.1 Å². The van der Waals surface area contributed by atoms with E-state index in [0.29, 0.717) is 17.4 Å². The minimum Gasteiger partial charge on any atom is -0.756 e. The molecule has 2 unspecified atom stereocenters. The second-order valence-corrected chi connectivity index (χ2v) is 18.9. The van der Waals surface area contributed by atoms with Crippen LogP contribution in [0, 0.1) is 0 Å². The van der Waals surface area contributed by atoms with Crippen LogP contribution in [0.5, 0.6) is 0 Å². The van der Waals surface area contributed by atoms with E-state index in [2.05, 4.69) is 26.0 Å². The van der Waals surface area contributed by atoms with Crippen LogP contribution in [-0.4, -0.2) is 70.0 Å². The number of likely N-dealkylation sites (N-methyl/N-ethyl adjacent to an activating group) is 1. The van der Waals surface area contributed by atoms with Crippen molar-refractivity contribution in [2.75, 3.05) is 47.5 Å². The molecule has 0 aromatic rings. The molecule has 338 valence electrons. The molecule has 57 heavy (non-hydrogen) atoms. The van der Waals surface area contributed by atoms with Crippen molar-refractivity contribution in [3.63, 3.8) is 0 Å². The number of allylic oxidation sites excluding steroid dienone is 2. The molecule has 0 N–H and O–H groups in total. The summed E-state index contributed by atoms with van der Waals surface area (Å²) in [7, 11) is 1.18. The third-order valence-corrected chi connectivity index (χ3v) is 11.5. The standard InChI is InChI=1S/C47H92NO8P/c1-6-8-10-12-14-16-18-20-21-22-23-24-25-26-27-28-30-32-34-36-38-40-47(50)56-45(44-55-57(51,52)54-42-41-48(3,4)5)43-53-46(49)39-37-35-33-31-29-19-17-15-13-11-9-7-2/h22-23,45H,6-21,24-44H2,1-5H3/b23-22-. The van der Waals surface area contributed by atoms with Crippen molar-refractivity contribution in [1.29, 1.82) is 0 Å². The summed E-state index contributed by atoms with van der Waals surface area (Å²) >= 11 is 0. The van der Waals surface area contributed by atoms with Gasteiger partial charge in [0, 0.05) is 12.8 Å². The van der Waals surface area contributed by atoms with Gasteiger partial charge in [-0.2, -0.15) is 0 Å². The minimum atomic E-state index is -4.62. The molecule has 0 saturated heterocycles. The number of rotatable bonds is 44. The Balaban J connectivity index is 4.24. The average molecular weight is 830 g/mol. The van der Waals surface area contributed by atoms with E-state index in [9.17, 15) is 19.0 Å². The van der Waals surface area contributed by atoms with Crippen LogP contribution in [-0.2, 0) is 32.7 Å². The SMILES string of the molecule is CCCCCCCCCC/C=C\CCCCCCCCCCCC(=O)OC(COC(=O)CCCCCCCCCCCCCC)COP(=O)([O-])OCC[N+](C)(C)C. The van der Waals surface area contributed by atoms with Crippen LogP contribution in [0.25, 0.3) is 0 Å². The minimum absolute atomic E-state index is 0.0279. The predicted molar refractivity (Wildman–Crippen MR) is 236 cm³/mol. The number of carbonyl (C=O) groups excluding carboxylic acids is 2. The van der Waals surface area contributed by atoms with Gasteiger partial charge in [-0.05, 0) is 38.5 Å². The maximum Gasteiger partial charge on any atom is 0.306 e. The van der Waals surface area contributed by atoms with Gasteiger partial charge in [-0.1, -0.05) is 187 Å². The fraction of sp³-hybridized carbons (Fsp3) is 0.915. The smallest absolute Gasteiger partial charge is 0.306 e. The van der Waals surface area contributed by atoms with E-state index in [0.717, 1.165) is 38.5 Å². The lowest BCUT2D eigenvalue weighted by Crippen LogP contribution is -2.37. The number of carbonyl (C=O) groups is 2. The molecular weight excluding hydrogens is 737 g/mol. The van der Waals surface area contributed by atoms with E-state index >= 15 is 0 Å². The van der Waals surface area contributed by atoms with Crippen molar-refractivity contribution in [3.05, 3.63) is 12.2 Å². The molecule has 0 aliphatic rings. The third kappa shape index (κ3) is 44.1. The number of hydrogen-bond acceptors (Lipinski definition) is 8. The second kappa shape index (κ2) is 40.2. The largest absolute Gasteiger partial charge is 0.756 e. The highest BCUT2D eigenvalue weighted by Crippen LogP contribution is 2.38. The topological polar surface area (TPSA) is 111 Å². The van der Waals surface area contributed by atoms with Gasteiger partial charge in [-0.3, -0.25) is 14.2 Å². The molecule has 0 amide bonds. The quantitative estimate of drug-likeness (QED) is 0.0196. The molecule has 10 heteroatoms. The van der Waals surface area contributed by atoms with Crippen LogP contribution in [0.15, 0.2) is 12.2 Å². The Kier molecular flexibility index (Phi) is 39.3. The van der Waals surface area contributed by atoms with Crippen LogP contribution in [0.1, 0.15) is 226 Å². The van der Waals surface area contributed by atoms with Gasteiger partial charge < -0.3 is 27.9 Å². The number of ether oxygens (including phenoxy) is 2. The van der Waals surface area contributed by atoms with E-state index in [1.54, 1.807) is 0 Å². The Labute approximate surface area is 352 Å². The Morgan fingerprint density at radius 1 is 0.526 bits per heavy atom. The summed E-state index contributed by atoms with van der Waals surface area (Å²) in [6.07, 6.45) is 42.4. The highest BCUT2D eigenvalue weighted by molar-refractivity contribution is 7.45. The summed E-state index contributed by atoms with van der Waals surface area (Å²) in [5, 5.41) is 0. The van der Waals surface area contributed by atoms with Crippen molar-refractivity contribution < 1.29 is 42.1 Å². The first-order valence-corrected chi connectivity index (χ1v) is 25.4. The molecule has 0 spiro atoms. The lowest BCUT2D eigenvalue weighted by molar-refractivity contribution is -0.870.